The Labute approximate surface area is 105 Å². The minimum atomic E-state index is 0.204. The van der Waals surface area contributed by atoms with Gasteiger partial charge in [0.2, 0.25) is 0 Å². The fourth-order valence-corrected chi connectivity index (χ4v) is 2.74. The van der Waals surface area contributed by atoms with Crippen molar-refractivity contribution < 1.29 is 0 Å². The molecule has 2 rings (SSSR count). The molecule has 1 heterocycles. The molecule has 1 atom stereocenters. The van der Waals surface area contributed by atoms with Crippen LogP contribution in [0.15, 0.2) is 18.2 Å². The lowest BCUT2D eigenvalue weighted by Gasteiger charge is -2.44. The van der Waals surface area contributed by atoms with Gasteiger partial charge in [-0.25, -0.2) is 0 Å². The topological polar surface area (TPSA) is 29.3 Å². The molecule has 2 N–H and O–H groups in total. The average molecular weight is 232 g/mol. The second kappa shape index (κ2) is 4.34. The maximum atomic E-state index is 6.19. The summed E-state index contributed by atoms with van der Waals surface area (Å²) in [5.41, 5.74) is 10.5. The van der Waals surface area contributed by atoms with Gasteiger partial charge in [-0.3, -0.25) is 0 Å². The number of rotatable bonds is 1. The van der Waals surface area contributed by atoms with Crippen LogP contribution in [0.2, 0.25) is 0 Å². The first-order chi connectivity index (χ1) is 7.90. The maximum Gasteiger partial charge on any atom is 0.0396 e. The number of benzene rings is 1. The number of hydrogen-bond donors (Lipinski definition) is 1. The smallest absolute Gasteiger partial charge is 0.0396 e. The van der Waals surface area contributed by atoms with Crippen molar-refractivity contribution in [2.24, 2.45) is 11.1 Å². The van der Waals surface area contributed by atoms with Gasteiger partial charge in [-0.2, -0.15) is 0 Å². The fourth-order valence-electron chi connectivity index (χ4n) is 2.74. The molecule has 0 radical (unpaired) electrons. The lowest BCUT2D eigenvalue weighted by atomic mass is 9.79. The van der Waals surface area contributed by atoms with Crippen molar-refractivity contribution in [1.82, 2.24) is 0 Å². The van der Waals surface area contributed by atoms with Crippen LogP contribution in [0, 0.1) is 19.3 Å². The molecular weight excluding hydrogens is 208 g/mol. The first-order valence-corrected chi connectivity index (χ1v) is 6.48. The van der Waals surface area contributed by atoms with E-state index in [0.29, 0.717) is 6.04 Å². The molecule has 2 heteroatoms. The molecule has 1 fully saturated rings. The summed E-state index contributed by atoms with van der Waals surface area (Å²) in [6.45, 7) is 11.0. The second-order valence-corrected chi connectivity index (χ2v) is 6.10. The zero-order valence-electron chi connectivity index (χ0n) is 11.5. The van der Waals surface area contributed by atoms with Crippen LogP contribution in [-0.4, -0.2) is 19.1 Å². The van der Waals surface area contributed by atoms with E-state index < -0.39 is 0 Å². The van der Waals surface area contributed by atoms with Gasteiger partial charge in [-0.1, -0.05) is 31.5 Å². The zero-order chi connectivity index (χ0) is 12.6. The van der Waals surface area contributed by atoms with Crippen LogP contribution in [0.3, 0.4) is 0 Å². The Bertz CT molecular complexity index is 409. The van der Waals surface area contributed by atoms with E-state index in [9.17, 15) is 0 Å². The lowest BCUT2D eigenvalue weighted by molar-refractivity contribution is 0.245. The number of aryl methyl sites for hydroxylation is 2. The third kappa shape index (κ3) is 2.47. The van der Waals surface area contributed by atoms with E-state index in [0.717, 1.165) is 19.5 Å². The standard InChI is InChI=1S/C15H24N2/c1-11-5-6-13(12(2)9-11)17-8-7-14(16)15(3,4)10-17/h5-6,9,14H,7-8,10,16H2,1-4H3. The van der Waals surface area contributed by atoms with Crippen molar-refractivity contribution in [3.8, 4) is 0 Å². The molecule has 1 saturated heterocycles. The van der Waals surface area contributed by atoms with Gasteiger partial charge in [-0.05, 0) is 37.3 Å². The molecule has 94 valence electrons. The Balaban J connectivity index is 2.24. The quantitative estimate of drug-likeness (QED) is 0.806. The zero-order valence-corrected chi connectivity index (χ0v) is 11.5. The average Bonchev–Trinajstić information content (AvgIpc) is 2.22. The molecule has 1 aliphatic rings. The maximum absolute atomic E-state index is 6.19. The van der Waals surface area contributed by atoms with Crippen LogP contribution in [0.25, 0.3) is 0 Å². The number of nitrogens with two attached hydrogens (primary N) is 1. The number of hydrogen-bond acceptors (Lipinski definition) is 2. The summed E-state index contributed by atoms with van der Waals surface area (Å²) in [6, 6.07) is 7.03. The molecule has 0 aliphatic carbocycles. The van der Waals surface area contributed by atoms with Gasteiger partial charge in [0, 0.05) is 24.8 Å². The van der Waals surface area contributed by atoms with Crippen molar-refractivity contribution in [1.29, 1.82) is 0 Å². The van der Waals surface area contributed by atoms with Gasteiger partial charge >= 0.3 is 0 Å². The van der Waals surface area contributed by atoms with Crippen molar-refractivity contribution >= 4 is 5.69 Å². The van der Waals surface area contributed by atoms with Crippen LogP contribution in [0.5, 0.6) is 0 Å². The van der Waals surface area contributed by atoms with Crippen LogP contribution in [0.1, 0.15) is 31.4 Å². The normalized spacial score (nSPS) is 23.8. The Morgan fingerprint density at radius 1 is 1.29 bits per heavy atom. The monoisotopic (exact) mass is 232 g/mol. The van der Waals surface area contributed by atoms with Gasteiger partial charge in [0.15, 0.2) is 0 Å². The predicted octanol–water partition coefficient (Wildman–Crippen LogP) is 2.87. The molecular formula is C15H24N2. The van der Waals surface area contributed by atoms with Gasteiger partial charge in [0.1, 0.15) is 0 Å². The molecule has 1 aliphatic heterocycles. The van der Waals surface area contributed by atoms with Gasteiger partial charge in [0.25, 0.3) is 0 Å². The van der Waals surface area contributed by atoms with Crippen molar-refractivity contribution in [3.63, 3.8) is 0 Å². The van der Waals surface area contributed by atoms with Crippen molar-refractivity contribution in [2.45, 2.75) is 40.2 Å². The molecule has 2 nitrogen and oxygen atoms in total. The van der Waals surface area contributed by atoms with E-state index in [2.05, 4.69) is 50.8 Å². The SMILES string of the molecule is Cc1ccc(N2CCC(N)C(C)(C)C2)c(C)c1. The Morgan fingerprint density at radius 2 is 2.00 bits per heavy atom. The molecule has 0 bridgehead atoms. The molecule has 1 aromatic rings. The highest BCUT2D eigenvalue weighted by Gasteiger charge is 2.33. The number of anilines is 1. The molecule has 0 amide bonds. The summed E-state index contributed by atoms with van der Waals surface area (Å²) in [6.07, 6.45) is 1.08. The Morgan fingerprint density at radius 3 is 2.59 bits per heavy atom. The van der Waals surface area contributed by atoms with E-state index >= 15 is 0 Å². The molecule has 0 spiro atoms. The number of piperidine rings is 1. The molecule has 17 heavy (non-hydrogen) atoms. The molecule has 0 saturated carbocycles. The summed E-state index contributed by atoms with van der Waals surface area (Å²) in [7, 11) is 0. The third-order valence-corrected chi connectivity index (χ3v) is 4.01. The van der Waals surface area contributed by atoms with Crippen molar-refractivity contribution in [3.05, 3.63) is 29.3 Å². The highest BCUT2D eigenvalue weighted by atomic mass is 15.2. The first kappa shape index (κ1) is 12.4. The summed E-state index contributed by atoms with van der Waals surface area (Å²) in [5, 5.41) is 0. The molecule has 1 aromatic carbocycles. The lowest BCUT2D eigenvalue weighted by Crippen LogP contribution is -2.52. The summed E-state index contributed by atoms with van der Waals surface area (Å²) in [4.78, 5) is 2.48. The second-order valence-electron chi connectivity index (χ2n) is 6.10. The van der Waals surface area contributed by atoms with Crippen LogP contribution >= 0.6 is 0 Å². The Hall–Kier alpha value is -1.02. The first-order valence-electron chi connectivity index (χ1n) is 6.48. The van der Waals surface area contributed by atoms with E-state index in [-0.39, 0.29) is 5.41 Å². The van der Waals surface area contributed by atoms with E-state index in [1.807, 2.05) is 0 Å². The predicted molar refractivity (Wildman–Crippen MR) is 74.5 cm³/mol. The summed E-state index contributed by atoms with van der Waals surface area (Å²) >= 11 is 0. The van der Waals surface area contributed by atoms with E-state index in [4.69, 9.17) is 5.73 Å². The van der Waals surface area contributed by atoms with Crippen LogP contribution in [0.4, 0.5) is 5.69 Å². The van der Waals surface area contributed by atoms with E-state index in [1.165, 1.54) is 16.8 Å². The highest BCUT2D eigenvalue weighted by Crippen LogP contribution is 2.32. The van der Waals surface area contributed by atoms with Crippen LogP contribution in [-0.2, 0) is 0 Å². The van der Waals surface area contributed by atoms with Crippen LogP contribution < -0.4 is 10.6 Å². The third-order valence-electron chi connectivity index (χ3n) is 4.01. The minimum Gasteiger partial charge on any atom is -0.371 e. The van der Waals surface area contributed by atoms with Crippen molar-refractivity contribution in [2.75, 3.05) is 18.0 Å². The minimum absolute atomic E-state index is 0.204. The van der Waals surface area contributed by atoms with Gasteiger partial charge < -0.3 is 10.6 Å². The van der Waals surface area contributed by atoms with Gasteiger partial charge in [-0.15, -0.1) is 0 Å². The largest absolute Gasteiger partial charge is 0.371 e. The number of nitrogens with zero attached hydrogens (tertiary/aromatic N) is 1. The Kier molecular flexibility index (Phi) is 3.17. The summed E-state index contributed by atoms with van der Waals surface area (Å²) in [5.74, 6) is 0. The molecule has 0 aromatic heterocycles. The molecule has 1 unspecified atom stereocenters. The summed E-state index contributed by atoms with van der Waals surface area (Å²) < 4.78 is 0. The fraction of sp³-hybridized carbons (Fsp3) is 0.600. The van der Waals surface area contributed by atoms with E-state index in [1.54, 1.807) is 0 Å². The highest BCUT2D eigenvalue weighted by molar-refractivity contribution is 5.55. The van der Waals surface area contributed by atoms with Gasteiger partial charge in [0.05, 0.1) is 0 Å².